The van der Waals surface area contributed by atoms with Crippen molar-refractivity contribution in [3.05, 3.63) is 45.7 Å². The lowest BCUT2D eigenvalue weighted by Crippen LogP contribution is -2.30. The van der Waals surface area contributed by atoms with Crippen LogP contribution >= 0.6 is 0 Å². The summed E-state index contributed by atoms with van der Waals surface area (Å²) in [5.41, 5.74) is 6.92. The number of hydrogen-bond donors (Lipinski definition) is 2. The molecule has 0 unspecified atom stereocenters. The van der Waals surface area contributed by atoms with Gasteiger partial charge in [0.05, 0.1) is 12.2 Å². The van der Waals surface area contributed by atoms with Gasteiger partial charge in [0.15, 0.2) is 0 Å². The Kier molecular flexibility index (Phi) is 2.02. The van der Waals surface area contributed by atoms with Gasteiger partial charge in [-0.3, -0.25) is 14.9 Å². The average Bonchev–Trinajstić information content (AvgIpc) is 2.33. The van der Waals surface area contributed by atoms with Crippen LogP contribution in [0, 0.1) is 0 Å². The molecule has 3 rings (SSSR count). The van der Waals surface area contributed by atoms with Crippen LogP contribution in [0.15, 0.2) is 29.2 Å². The van der Waals surface area contributed by atoms with Gasteiger partial charge in [0, 0.05) is 18.1 Å². The van der Waals surface area contributed by atoms with Crippen LogP contribution in [0.3, 0.4) is 0 Å². The van der Waals surface area contributed by atoms with Crippen molar-refractivity contribution >= 4 is 16.8 Å². The van der Waals surface area contributed by atoms with Crippen molar-refractivity contribution in [3.8, 4) is 0 Å². The number of rotatable bonds is 1. The number of aromatic nitrogens is 1. The van der Waals surface area contributed by atoms with Gasteiger partial charge in [0.25, 0.3) is 5.91 Å². The van der Waals surface area contributed by atoms with Crippen LogP contribution in [0.5, 0.6) is 0 Å². The minimum absolute atomic E-state index is 0.0401. The molecular weight excluding hydrogens is 218 g/mol. The molecule has 0 fully saturated rings. The zero-order valence-corrected chi connectivity index (χ0v) is 9.06. The molecule has 0 saturated carbocycles. The average molecular weight is 229 g/mol. The van der Waals surface area contributed by atoms with Crippen LogP contribution in [0.4, 0.5) is 0 Å². The van der Waals surface area contributed by atoms with Crippen LogP contribution in [0.25, 0.3) is 10.9 Å². The van der Waals surface area contributed by atoms with Gasteiger partial charge in [-0.2, -0.15) is 0 Å². The first-order valence-electron chi connectivity index (χ1n) is 5.34. The maximum Gasteiger partial charge on any atom is 0.254 e. The first-order valence-corrected chi connectivity index (χ1v) is 5.34. The maximum atomic E-state index is 12.1. The van der Waals surface area contributed by atoms with Gasteiger partial charge in [-0.25, -0.2) is 0 Å². The van der Waals surface area contributed by atoms with Gasteiger partial charge in [-0.15, -0.1) is 0 Å². The zero-order chi connectivity index (χ0) is 12.0. The molecule has 2 heterocycles. The zero-order valence-electron chi connectivity index (χ0n) is 9.06. The lowest BCUT2D eigenvalue weighted by atomic mass is 10.1. The smallest absolute Gasteiger partial charge is 0.254 e. The molecule has 2 aromatic rings. The third-order valence-corrected chi connectivity index (χ3v) is 3.04. The fraction of sp³-hybridized carbons (Fsp3) is 0.167. The summed E-state index contributed by atoms with van der Waals surface area (Å²) in [4.78, 5) is 23.3. The van der Waals surface area contributed by atoms with E-state index in [1.165, 1.54) is 6.20 Å². The number of nitrogens with zero attached hydrogens (tertiary/aromatic N) is 1. The maximum absolute atomic E-state index is 12.1. The topological polar surface area (TPSA) is 77.1 Å². The Morgan fingerprint density at radius 1 is 1.41 bits per heavy atom. The summed E-state index contributed by atoms with van der Waals surface area (Å²) in [6.07, 6.45) is 1.53. The summed E-state index contributed by atoms with van der Waals surface area (Å²) in [6, 6.07) is 5.52. The number of pyridine rings is 1. The van der Waals surface area contributed by atoms with Crippen molar-refractivity contribution in [2.45, 2.75) is 13.2 Å². The van der Waals surface area contributed by atoms with Crippen molar-refractivity contribution in [1.29, 1.82) is 0 Å². The summed E-state index contributed by atoms with van der Waals surface area (Å²) in [5, 5.41) is 3.75. The molecule has 17 heavy (non-hydrogen) atoms. The Labute approximate surface area is 96.8 Å². The molecule has 1 aliphatic rings. The lowest BCUT2D eigenvalue weighted by molar-refractivity contribution is 0.0998. The lowest BCUT2D eigenvalue weighted by Gasteiger charge is -2.21. The SMILES string of the molecule is NC(=O)c1cn2c3c(cccc3c1=O)CNC2. The van der Waals surface area contributed by atoms with E-state index >= 15 is 0 Å². The van der Waals surface area contributed by atoms with Gasteiger partial charge in [0.2, 0.25) is 5.43 Å². The molecule has 0 saturated heterocycles. The van der Waals surface area contributed by atoms with Crippen molar-refractivity contribution in [3.63, 3.8) is 0 Å². The number of carbonyl (C=O) groups excluding carboxylic acids is 1. The number of amides is 1. The number of hydrogen-bond acceptors (Lipinski definition) is 3. The number of benzene rings is 1. The highest BCUT2D eigenvalue weighted by Gasteiger charge is 2.17. The van der Waals surface area contributed by atoms with Crippen LogP contribution < -0.4 is 16.5 Å². The van der Waals surface area contributed by atoms with Gasteiger partial charge in [-0.05, 0) is 11.6 Å². The monoisotopic (exact) mass is 229 g/mol. The highest BCUT2D eigenvalue weighted by Crippen LogP contribution is 2.19. The fourth-order valence-electron chi connectivity index (χ4n) is 2.29. The van der Waals surface area contributed by atoms with Gasteiger partial charge >= 0.3 is 0 Å². The Bertz CT molecular complexity index is 688. The number of nitrogens with two attached hydrogens (primary N) is 1. The summed E-state index contributed by atoms with van der Waals surface area (Å²) in [7, 11) is 0. The molecule has 1 aromatic heterocycles. The van der Waals surface area contributed by atoms with Crippen LogP contribution in [-0.4, -0.2) is 10.5 Å². The minimum atomic E-state index is -0.684. The second-order valence-electron chi connectivity index (χ2n) is 4.10. The highest BCUT2D eigenvalue weighted by molar-refractivity contribution is 5.96. The standard InChI is InChI=1S/C12H11N3O2/c13-12(17)9-5-15-6-14-4-7-2-1-3-8(10(7)15)11(9)16/h1-3,5,14H,4,6H2,(H2,13,17). The van der Waals surface area contributed by atoms with Gasteiger partial charge in [-0.1, -0.05) is 12.1 Å². The van der Waals surface area contributed by atoms with Crippen molar-refractivity contribution in [2.75, 3.05) is 0 Å². The number of primary amides is 1. The van der Waals surface area contributed by atoms with Crippen molar-refractivity contribution in [1.82, 2.24) is 9.88 Å². The first kappa shape index (κ1) is 10.0. The van der Waals surface area contributed by atoms with E-state index < -0.39 is 5.91 Å². The van der Waals surface area contributed by atoms with Crippen LogP contribution in [0.2, 0.25) is 0 Å². The summed E-state index contributed by atoms with van der Waals surface area (Å²) < 4.78 is 1.86. The van der Waals surface area contributed by atoms with E-state index in [-0.39, 0.29) is 11.0 Å². The Morgan fingerprint density at radius 3 is 3.00 bits per heavy atom. The third kappa shape index (κ3) is 1.36. The molecule has 0 bridgehead atoms. The molecule has 1 aliphatic heterocycles. The largest absolute Gasteiger partial charge is 0.365 e. The van der Waals surface area contributed by atoms with Gasteiger partial charge < -0.3 is 10.3 Å². The molecule has 0 spiro atoms. The fourth-order valence-corrected chi connectivity index (χ4v) is 2.29. The molecule has 5 heteroatoms. The summed E-state index contributed by atoms with van der Waals surface area (Å²) >= 11 is 0. The predicted molar refractivity (Wildman–Crippen MR) is 63.6 cm³/mol. The normalized spacial score (nSPS) is 13.9. The van der Waals surface area contributed by atoms with Crippen molar-refractivity contribution < 1.29 is 4.79 Å². The molecule has 0 atom stereocenters. The number of nitrogens with one attached hydrogen (secondary N) is 1. The second-order valence-corrected chi connectivity index (χ2v) is 4.10. The number of carbonyl (C=O) groups is 1. The molecule has 0 radical (unpaired) electrons. The summed E-state index contributed by atoms with van der Waals surface area (Å²) in [5.74, 6) is -0.684. The predicted octanol–water partition coefficient (Wildman–Crippen LogP) is 0.161. The van der Waals surface area contributed by atoms with E-state index in [1.807, 2.05) is 16.7 Å². The van der Waals surface area contributed by atoms with E-state index in [9.17, 15) is 9.59 Å². The molecule has 1 amide bonds. The van der Waals surface area contributed by atoms with Gasteiger partial charge in [0.1, 0.15) is 5.56 Å². The minimum Gasteiger partial charge on any atom is -0.365 e. The highest BCUT2D eigenvalue weighted by atomic mass is 16.2. The molecule has 1 aromatic carbocycles. The Balaban J connectivity index is 2.51. The molecule has 5 nitrogen and oxygen atoms in total. The molecule has 86 valence electrons. The third-order valence-electron chi connectivity index (χ3n) is 3.04. The molecule has 0 aliphatic carbocycles. The Morgan fingerprint density at radius 2 is 2.24 bits per heavy atom. The van der Waals surface area contributed by atoms with E-state index in [2.05, 4.69) is 5.32 Å². The molecule has 3 N–H and O–H groups in total. The molecular formula is C12H11N3O2. The second kappa shape index (κ2) is 3.43. The van der Waals surface area contributed by atoms with E-state index in [0.717, 1.165) is 17.6 Å². The first-order chi connectivity index (χ1) is 8.18. The van der Waals surface area contributed by atoms with Crippen LogP contribution in [-0.2, 0) is 13.2 Å². The Hall–Kier alpha value is -2.14. The van der Waals surface area contributed by atoms with E-state index in [0.29, 0.717) is 12.1 Å². The van der Waals surface area contributed by atoms with Crippen molar-refractivity contribution in [2.24, 2.45) is 5.73 Å². The van der Waals surface area contributed by atoms with Crippen LogP contribution in [0.1, 0.15) is 15.9 Å². The van der Waals surface area contributed by atoms with E-state index in [4.69, 9.17) is 5.73 Å². The quantitative estimate of drug-likeness (QED) is 0.731. The number of para-hydroxylation sites is 1. The summed E-state index contributed by atoms with van der Waals surface area (Å²) in [6.45, 7) is 1.31. The van der Waals surface area contributed by atoms with E-state index in [1.54, 1.807) is 6.07 Å².